The zero-order valence-corrected chi connectivity index (χ0v) is 11.9. The van der Waals surface area contributed by atoms with E-state index in [1.807, 2.05) is 6.07 Å². The van der Waals surface area contributed by atoms with Crippen LogP contribution in [0.3, 0.4) is 0 Å². The van der Waals surface area contributed by atoms with Crippen molar-refractivity contribution in [3.8, 4) is 0 Å². The van der Waals surface area contributed by atoms with Crippen molar-refractivity contribution in [2.24, 2.45) is 0 Å². The van der Waals surface area contributed by atoms with Crippen molar-refractivity contribution < 1.29 is 0 Å². The molecule has 0 aliphatic rings. The van der Waals surface area contributed by atoms with Gasteiger partial charge in [0, 0.05) is 33.4 Å². The van der Waals surface area contributed by atoms with Gasteiger partial charge in [-0.25, -0.2) is 0 Å². The van der Waals surface area contributed by atoms with Gasteiger partial charge in [-0.3, -0.25) is 0 Å². The Bertz CT molecular complexity index is 721. The van der Waals surface area contributed by atoms with Gasteiger partial charge in [0.2, 0.25) is 0 Å². The Morgan fingerprint density at radius 3 is 2.47 bits per heavy atom. The lowest BCUT2D eigenvalue weighted by molar-refractivity contribution is 0.897. The van der Waals surface area contributed by atoms with Gasteiger partial charge in [0.15, 0.2) is 0 Å². The highest BCUT2D eigenvalue weighted by molar-refractivity contribution is 6.31. The monoisotopic (exact) mass is 269 g/mol. The number of allylic oxidation sites excluding steroid dienone is 2. The molecule has 1 heterocycles. The average molecular weight is 270 g/mol. The van der Waals surface area contributed by atoms with Gasteiger partial charge in [0.05, 0.1) is 0 Å². The molecule has 0 aliphatic carbocycles. The Kier molecular flexibility index (Phi) is 3.08. The lowest BCUT2D eigenvalue weighted by Gasteiger charge is -2.03. The number of aromatic nitrogens is 1. The molecule has 0 N–H and O–H groups in total. The third-order valence-corrected chi connectivity index (χ3v) is 3.74. The van der Waals surface area contributed by atoms with Crippen molar-refractivity contribution in [2.45, 2.75) is 20.4 Å². The van der Waals surface area contributed by atoms with E-state index in [2.05, 4.69) is 60.9 Å². The standard InChI is InChI=1S/C17H16ClN/c1-3-4-9-19-16-7-5-12(2)10-14(16)15-11-13(18)6-8-17(15)19/h3-8,10-11H,9H2,1-2H3/b4-3-. The molecule has 3 aromatic rings. The average Bonchev–Trinajstić information content (AvgIpc) is 2.69. The maximum atomic E-state index is 6.15. The van der Waals surface area contributed by atoms with Crippen LogP contribution < -0.4 is 0 Å². The molecular weight excluding hydrogens is 254 g/mol. The normalized spacial score (nSPS) is 11.9. The quantitative estimate of drug-likeness (QED) is 0.554. The first-order valence-corrected chi connectivity index (χ1v) is 6.88. The summed E-state index contributed by atoms with van der Waals surface area (Å²) in [5.74, 6) is 0. The third kappa shape index (κ3) is 2.04. The van der Waals surface area contributed by atoms with E-state index in [0.717, 1.165) is 11.6 Å². The molecule has 1 nitrogen and oxygen atoms in total. The van der Waals surface area contributed by atoms with Crippen molar-refractivity contribution in [3.63, 3.8) is 0 Å². The fraction of sp³-hybridized carbons (Fsp3) is 0.176. The summed E-state index contributed by atoms with van der Waals surface area (Å²) in [7, 11) is 0. The van der Waals surface area contributed by atoms with Crippen molar-refractivity contribution in [1.82, 2.24) is 4.57 Å². The van der Waals surface area contributed by atoms with Gasteiger partial charge >= 0.3 is 0 Å². The predicted molar refractivity (Wildman–Crippen MR) is 84.0 cm³/mol. The Hall–Kier alpha value is -1.73. The zero-order valence-electron chi connectivity index (χ0n) is 11.2. The van der Waals surface area contributed by atoms with Gasteiger partial charge in [-0.15, -0.1) is 0 Å². The van der Waals surface area contributed by atoms with Crippen molar-refractivity contribution in [3.05, 3.63) is 59.1 Å². The molecule has 0 unspecified atom stereocenters. The molecule has 0 spiro atoms. The van der Waals surface area contributed by atoms with Gasteiger partial charge in [0.25, 0.3) is 0 Å². The van der Waals surface area contributed by atoms with Gasteiger partial charge in [0.1, 0.15) is 0 Å². The van der Waals surface area contributed by atoms with E-state index in [0.29, 0.717) is 0 Å². The van der Waals surface area contributed by atoms with Gasteiger partial charge in [-0.1, -0.05) is 35.4 Å². The summed E-state index contributed by atoms with van der Waals surface area (Å²) in [5, 5.41) is 3.30. The minimum Gasteiger partial charge on any atom is -0.337 e. The van der Waals surface area contributed by atoms with E-state index in [1.165, 1.54) is 27.4 Å². The second kappa shape index (κ2) is 4.75. The van der Waals surface area contributed by atoms with Crippen molar-refractivity contribution >= 4 is 33.4 Å². The summed E-state index contributed by atoms with van der Waals surface area (Å²) in [6, 6.07) is 12.7. The van der Waals surface area contributed by atoms with Crippen LogP contribution in [0.5, 0.6) is 0 Å². The third-order valence-electron chi connectivity index (χ3n) is 3.51. The number of rotatable bonds is 2. The molecule has 19 heavy (non-hydrogen) atoms. The molecule has 96 valence electrons. The number of hydrogen-bond donors (Lipinski definition) is 0. The van der Waals surface area contributed by atoms with Crippen LogP contribution in [0, 0.1) is 6.92 Å². The van der Waals surface area contributed by atoms with Crippen LogP contribution in [-0.4, -0.2) is 4.57 Å². The molecule has 1 aromatic heterocycles. The smallest absolute Gasteiger partial charge is 0.0495 e. The SMILES string of the molecule is C/C=C\Cn1c2ccc(C)cc2c2cc(Cl)ccc21. The topological polar surface area (TPSA) is 4.93 Å². The zero-order chi connectivity index (χ0) is 13.4. The van der Waals surface area contributed by atoms with Crippen LogP contribution in [0.25, 0.3) is 21.8 Å². The van der Waals surface area contributed by atoms with Crippen LogP contribution >= 0.6 is 11.6 Å². The number of benzene rings is 2. The lowest BCUT2D eigenvalue weighted by Crippen LogP contribution is -1.94. The molecule has 0 radical (unpaired) electrons. The highest BCUT2D eigenvalue weighted by atomic mass is 35.5. The molecule has 3 rings (SSSR count). The van der Waals surface area contributed by atoms with E-state index >= 15 is 0 Å². The van der Waals surface area contributed by atoms with Gasteiger partial charge in [-0.2, -0.15) is 0 Å². The number of halogens is 1. The van der Waals surface area contributed by atoms with E-state index in [4.69, 9.17) is 11.6 Å². The predicted octanol–water partition coefficient (Wildman–Crippen LogP) is 5.33. The molecule has 0 bridgehead atoms. The first-order chi connectivity index (χ1) is 9.20. The number of fused-ring (bicyclic) bond motifs is 3. The lowest BCUT2D eigenvalue weighted by atomic mass is 10.1. The molecule has 0 amide bonds. The molecule has 0 saturated carbocycles. The van der Waals surface area contributed by atoms with Crippen LogP contribution in [0.15, 0.2) is 48.6 Å². The van der Waals surface area contributed by atoms with Crippen LogP contribution in [-0.2, 0) is 6.54 Å². The fourth-order valence-electron chi connectivity index (χ4n) is 2.60. The van der Waals surface area contributed by atoms with Crippen molar-refractivity contribution in [2.75, 3.05) is 0 Å². The largest absolute Gasteiger partial charge is 0.337 e. The highest BCUT2D eigenvalue weighted by Gasteiger charge is 2.10. The van der Waals surface area contributed by atoms with E-state index in [9.17, 15) is 0 Å². The first-order valence-electron chi connectivity index (χ1n) is 6.50. The molecular formula is C17H16ClN. The number of aryl methyl sites for hydroxylation is 1. The summed E-state index contributed by atoms with van der Waals surface area (Å²) < 4.78 is 2.33. The van der Waals surface area contributed by atoms with E-state index in [1.54, 1.807) is 0 Å². The maximum Gasteiger partial charge on any atom is 0.0495 e. The van der Waals surface area contributed by atoms with Crippen LogP contribution in [0.4, 0.5) is 0 Å². The summed E-state index contributed by atoms with van der Waals surface area (Å²) >= 11 is 6.15. The van der Waals surface area contributed by atoms with E-state index < -0.39 is 0 Å². The van der Waals surface area contributed by atoms with Gasteiger partial charge in [-0.05, 0) is 44.2 Å². The van der Waals surface area contributed by atoms with E-state index in [-0.39, 0.29) is 0 Å². The maximum absolute atomic E-state index is 6.15. The molecule has 2 aromatic carbocycles. The second-order valence-corrected chi connectivity index (χ2v) is 5.30. The number of nitrogens with zero attached hydrogens (tertiary/aromatic N) is 1. The minimum atomic E-state index is 0.791. The molecule has 0 saturated heterocycles. The summed E-state index contributed by atoms with van der Waals surface area (Å²) in [6.45, 7) is 5.06. The molecule has 2 heteroatoms. The molecule has 0 atom stereocenters. The highest BCUT2D eigenvalue weighted by Crippen LogP contribution is 2.31. The Labute approximate surface area is 118 Å². The fourth-order valence-corrected chi connectivity index (χ4v) is 2.77. The van der Waals surface area contributed by atoms with Crippen LogP contribution in [0.1, 0.15) is 12.5 Å². The second-order valence-electron chi connectivity index (χ2n) is 4.86. The van der Waals surface area contributed by atoms with Crippen LogP contribution in [0.2, 0.25) is 5.02 Å². The van der Waals surface area contributed by atoms with Gasteiger partial charge < -0.3 is 4.57 Å². The molecule has 0 fully saturated rings. The first kappa shape index (κ1) is 12.3. The Balaban J connectivity index is 2.42. The summed E-state index contributed by atoms with van der Waals surface area (Å²) in [5.41, 5.74) is 3.78. The Morgan fingerprint density at radius 1 is 1.05 bits per heavy atom. The molecule has 0 aliphatic heterocycles. The van der Waals surface area contributed by atoms with Crippen molar-refractivity contribution in [1.29, 1.82) is 0 Å². The Morgan fingerprint density at radius 2 is 1.74 bits per heavy atom. The summed E-state index contributed by atoms with van der Waals surface area (Å²) in [4.78, 5) is 0. The summed E-state index contributed by atoms with van der Waals surface area (Å²) in [6.07, 6.45) is 4.26. The minimum absolute atomic E-state index is 0.791. The number of hydrogen-bond acceptors (Lipinski definition) is 0.